The van der Waals surface area contributed by atoms with Crippen LogP contribution in [0.4, 0.5) is 0 Å². The number of hydrogen-bond donors (Lipinski definition) is 0. The van der Waals surface area contributed by atoms with Crippen LogP contribution in [0.25, 0.3) is 6.08 Å². The van der Waals surface area contributed by atoms with Gasteiger partial charge in [-0.2, -0.15) is 0 Å². The molecule has 0 aliphatic carbocycles. The van der Waals surface area contributed by atoms with Crippen molar-refractivity contribution in [3.05, 3.63) is 64.4 Å². The van der Waals surface area contributed by atoms with Crippen LogP contribution in [0.5, 0.6) is 11.5 Å². The van der Waals surface area contributed by atoms with E-state index < -0.39 is 9.84 Å². The highest BCUT2D eigenvalue weighted by atomic mass is 32.2. The van der Waals surface area contributed by atoms with Gasteiger partial charge in [0.1, 0.15) is 18.2 Å². The highest BCUT2D eigenvalue weighted by Crippen LogP contribution is 2.42. The summed E-state index contributed by atoms with van der Waals surface area (Å²) in [5.74, 6) is 2.17. The molecule has 3 heterocycles. The quantitative estimate of drug-likeness (QED) is 0.678. The topological polar surface area (TPSA) is 72.9 Å². The van der Waals surface area contributed by atoms with Gasteiger partial charge in [0.25, 0.3) is 0 Å². The molecule has 0 aromatic heterocycles. The fourth-order valence-electron chi connectivity index (χ4n) is 4.40. The van der Waals surface area contributed by atoms with Crippen LogP contribution < -0.4 is 9.47 Å². The number of hydrogen-bond acceptors (Lipinski definition) is 6. The molecule has 6 nitrogen and oxygen atoms in total. The number of allylic oxidation sites excluding steroid dienone is 1. The van der Waals surface area contributed by atoms with E-state index in [0.29, 0.717) is 48.4 Å². The first-order chi connectivity index (χ1) is 14.8. The maximum absolute atomic E-state index is 13.0. The van der Waals surface area contributed by atoms with E-state index in [0.717, 1.165) is 11.1 Å². The van der Waals surface area contributed by atoms with Crippen molar-refractivity contribution in [2.24, 2.45) is 0 Å². The zero-order chi connectivity index (χ0) is 21.8. The summed E-state index contributed by atoms with van der Waals surface area (Å²) in [5, 5.41) is 0. The van der Waals surface area contributed by atoms with Gasteiger partial charge in [0, 0.05) is 12.6 Å². The molecule has 3 aliphatic heterocycles. The molecule has 31 heavy (non-hydrogen) atoms. The third kappa shape index (κ3) is 3.77. The van der Waals surface area contributed by atoms with Crippen molar-refractivity contribution in [1.29, 1.82) is 0 Å². The number of Topliss-reactive ketones (excluding diaryl/α,β-unsaturated/α-hetero) is 1. The second-order valence-corrected chi connectivity index (χ2v) is 11.0. The molecule has 3 aliphatic rings. The van der Waals surface area contributed by atoms with Crippen molar-refractivity contribution in [3.63, 3.8) is 0 Å². The third-order valence-corrected chi connectivity index (χ3v) is 8.02. The van der Waals surface area contributed by atoms with Gasteiger partial charge >= 0.3 is 0 Å². The predicted octanol–water partition coefficient (Wildman–Crippen LogP) is 3.77. The van der Waals surface area contributed by atoms with Crippen LogP contribution in [0.2, 0.25) is 0 Å². The smallest absolute Gasteiger partial charge is 0.231 e. The Kier molecular flexibility index (Phi) is 4.90. The summed E-state index contributed by atoms with van der Waals surface area (Å²) in [6.45, 7) is 5.12. The van der Waals surface area contributed by atoms with Gasteiger partial charge in [-0.05, 0) is 41.7 Å². The molecule has 0 N–H and O–H groups in total. The van der Waals surface area contributed by atoms with Gasteiger partial charge in [0.05, 0.1) is 22.6 Å². The number of rotatable bonds is 3. The molecule has 0 saturated carbocycles. The summed E-state index contributed by atoms with van der Waals surface area (Å²) in [6, 6.07) is 11.6. The number of benzene rings is 2. The number of ether oxygens (including phenoxy) is 2. The number of carbonyl (C=O) groups is 1. The Morgan fingerprint density at radius 3 is 2.58 bits per heavy atom. The Morgan fingerprint density at radius 1 is 1.13 bits per heavy atom. The number of sulfone groups is 1. The average molecular weight is 440 g/mol. The summed E-state index contributed by atoms with van der Waals surface area (Å²) in [7, 11) is -2.99. The molecule has 2 aromatic rings. The van der Waals surface area contributed by atoms with Crippen molar-refractivity contribution < 1.29 is 22.7 Å². The number of nitrogens with zero attached hydrogens (tertiary/aromatic N) is 1. The van der Waals surface area contributed by atoms with Gasteiger partial charge < -0.3 is 9.47 Å². The fraction of sp³-hybridized carbons (Fsp3) is 0.375. The zero-order valence-corrected chi connectivity index (χ0v) is 18.4. The van der Waals surface area contributed by atoms with E-state index in [1.807, 2.05) is 17.0 Å². The molecule has 0 spiro atoms. The van der Waals surface area contributed by atoms with Crippen molar-refractivity contribution >= 4 is 21.7 Å². The van der Waals surface area contributed by atoms with Crippen LogP contribution in [0.3, 0.4) is 0 Å². The van der Waals surface area contributed by atoms with E-state index in [2.05, 4.69) is 26.0 Å². The van der Waals surface area contributed by atoms with Gasteiger partial charge in [-0.1, -0.05) is 38.1 Å². The lowest BCUT2D eigenvalue weighted by molar-refractivity contribution is 0.0634. The molecular formula is C24H25NO5S. The largest absolute Gasteiger partial charge is 0.478 e. The summed E-state index contributed by atoms with van der Waals surface area (Å²) in [6.07, 6.45) is 2.37. The molecule has 2 aromatic carbocycles. The van der Waals surface area contributed by atoms with Crippen LogP contribution in [0.1, 0.15) is 53.2 Å². The SMILES string of the molecule is CC(C)c1ccc(/C=C2\Oc3c(ccc4c3CN([C@@H]3CCS(=O)(=O)C3)CO4)C2=O)cc1. The standard InChI is InChI=1S/C24H25NO5S/c1-15(2)17-5-3-16(4-6-17)11-22-23(26)19-7-8-21-20(24(19)30-22)12-25(14-29-21)18-9-10-31(27,28)13-18/h3-8,11,15,18H,9-10,12-14H2,1-2H3/b22-11-/t18-/m1/s1. The van der Waals surface area contributed by atoms with Gasteiger partial charge in [-0.25, -0.2) is 8.42 Å². The fourth-order valence-corrected chi connectivity index (χ4v) is 6.16. The summed E-state index contributed by atoms with van der Waals surface area (Å²) < 4.78 is 35.7. The van der Waals surface area contributed by atoms with Gasteiger partial charge in [0.2, 0.25) is 5.78 Å². The predicted molar refractivity (Wildman–Crippen MR) is 118 cm³/mol. The number of fused-ring (bicyclic) bond motifs is 3. The molecule has 0 unspecified atom stereocenters. The molecular weight excluding hydrogens is 414 g/mol. The minimum absolute atomic E-state index is 0.0689. The van der Waals surface area contributed by atoms with Crippen molar-refractivity contribution in [2.75, 3.05) is 18.2 Å². The number of carbonyl (C=O) groups excluding carboxylic acids is 1. The van der Waals surface area contributed by atoms with Gasteiger partial charge in [0.15, 0.2) is 15.6 Å². The van der Waals surface area contributed by atoms with E-state index >= 15 is 0 Å². The van der Waals surface area contributed by atoms with Crippen LogP contribution >= 0.6 is 0 Å². The second kappa shape index (κ2) is 7.50. The maximum atomic E-state index is 13.0. The minimum atomic E-state index is -2.99. The summed E-state index contributed by atoms with van der Waals surface area (Å²) in [4.78, 5) is 15.0. The van der Waals surface area contributed by atoms with Gasteiger partial charge in [-0.3, -0.25) is 9.69 Å². The Morgan fingerprint density at radius 2 is 1.90 bits per heavy atom. The maximum Gasteiger partial charge on any atom is 0.231 e. The first kappa shape index (κ1) is 20.3. The molecule has 0 radical (unpaired) electrons. The Bertz CT molecular complexity index is 1180. The van der Waals surface area contributed by atoms with Crippen molar-refractivity contribution in [1.82, 2.24) is 4.90 Å². The Hall–Kier alpha value is -2.64. The normalized spacial score (nSPS) is 23.5. The number of ketones is 1. The van der Waals surface area contributed by atoms with Crippen LogP contribution in [-0.4, -0.2) is 43.4 Å². The minimum Gasteiger partial charge on any atom is -0.478 e. The second-order valence-electron chi connectivity index (χ2n) is 8.76. The molecule has 162 valence electrons. The lowest BCUT2D eigenvalue weighted by Crippen LogP contribution is -2.41. The Balaban J connectivity index is 1.42. The monoisotopic (exact) mass is 439 g/mol. The molecule has 5 rings (SSSR count). The molecule has 7 heteroatoms. The van der Waals surface area contributed by atoms with Crippen molar-refractivity contribution in [2.45, 2.75) is 38.8 Å². The van der Waals surface area contributed by atoms with Crippen LogP contribution in [0.15, 0.2) is 42.2 Å². The van der Waals surface area contributed by atoms with E-state index in [4.69, 9.17) is 9.47 Å². The van der Waals surface area contributed by atoms with Crippen molar-refractivity contribution in [3.8, 4) is 11.5 Å². The molecule has 1 saturated heterocycles. The summed E-state index contributed by atoms with van der Waals surface area (Å²) in [5.41, 5.74) is 3.47. The van der Waals surface area contributed by atoms with E-state index in [1.54, 1.807) is 18.2 Å². The van der Waals surface area contributed by atoms with Crippen LogP contribution in [0, 0.1) is 0 Å². The first-order valence-electron chi connectivity index (χ1n) is 10.6. The Labute approximate surface area is 182 Å². The third-order valence-electron chi connectivity index (χ3n) is 6.27. The molecule has 0 amide bonds. The van der Waals surface area contributed by atoms with E-state index in [9.17, 15) is 13.2 Å². The molecule has 0 bridgehead atoms. The summed E-state index contributed by atoms with van der Waals surface area (Å²) >= 11 is 0. The van der Waals surface area contributed by atoms with Gasteiger partial charge in [-0.15, -0.1) is 0 Å². The van der Waals surface area contributed by atoms with Crippen LogP contribution in [-0.2, 0) is 16.4 Å². The zero-order valence-electron chi connectivity index (χ0n) is 17.6. The van der Waals surface area contributed by atoms with E-state index in [-0.39, 0.29) is 23.3 Å². The lowest BCUT2D eigenvalue weighted by atomic mass is 10.0. The molecule has 1 fully saturated rings. The highest BCUT2D eigenvalue weighted by molar-refractivity contribution is 7.91. The lowest BCUT2D eigenvalue weighted by Gasteiger charge is -2.33. The highest BCUT2D eigenvalue weighted by Gasteiger charge is 2.38. The molecule has 1 atom stereocenters. The first-order valence-corrected chi connectivity index (χ1v) is 12.4. The van der Waals surface area contributed by atoms with E-state index in [1.165, 1.54) is 5.56 Å². The average Bonchev–Trinajstić information content (AvgIpc) is 3.27.